The monoisotopic (exact) mass is 181 g/mol. The fourth-order valence-corrected chi connectivity index (χ4v) is 2.30. The minimum absolute atomic E-state index is 0.143. The Morgan fingerprint density at radius 3 is 3.08 bits per heavy atom. The van der Waals surface area contributed by atoms with Crippen LogP contribution in [0.15, 0.2) is 18.2 Å². The summed E-state index contributed by atoms with van der Waals surface area (Å²) in [5.41, 5.74) is 1.04. The van der Waals surface area contributed by atoms with Crippen LogP contribution in [-0.2, 0) is 0 Å². The van der Waals surface area contributed by atoms with Crippen molar-refractivity contribution in [1.82, 2.24) is 0 Å². The topological polar surface area (TPSA) is 0 Å². The summed E-state index contributed by atoms with van der Waals surface area (Å²) in [6.45, 7) is 0. The number of thioether (sulfide) groups is 1. The highest BCUT2D eigenvalue weighted by Crippen LogP contribution is 2.48. The van der Waals surface area contributed by atoms with Gasteiger partial charge in [-0.2, -0.15) is 11.8 Å². The van der Waals surface area contributed by atoms with Gasteiger partial charge in [-0.1, -0.05) is 6.07 Å². The minimum atomic E-state index is -0.143. The molecule has 0 aromatic heterocycles. The van der Waals surface area contributed by atoms with Gasteiger partial charge in [0.1, 0.15) is 5.82 Å². The predicted molar refractivity (Wildman–Crippen MR) is 49.9 cm³/mol. The van der Waals surface area contributed by atoms with Gasteiger partial charge in [-0.15, -0.1) is 0 Å². The Balaban J connectivity index is 2.14. The van der Waals surface area contributed by atoms with Crippen molar-refractivity contribution in [3.63, 3.8) is 0 Å². The Morgan fingerprint density at radius 1 is 1.67 bits per heavy atom. The van der Waals surface area contributed by atoms with Crippen LogP contribution in [-0.4, -0.2) is 11.5 Å². The Labute approximate surface area is 76.2 Å². The van der Waals surface area contributed by atoms with E-state index in [1.807, 2.05) is 11.8 Å². The van der Waals surface area contributed by atoms with Crippen LogP contribution in [0.3, 0.4) is 0 Å². The summed E-state index contributed by atoms with van der Waals surface area (Å²) in [6.07, 6.45) is 3.28. The number of halogens is 1. The molecule has 12 heavy (non-hydrogen) atoms. The molecule has 0 aliphatic heterocycles. The Hall–Kier alpha value is -0.500. The molecule has 0 heterocycles. The number of hydrogen-bond donors (Lipinski definition) is 0. The van der Waals surface area contributed by atoms with Crippen LogP contribution in [0.5, 0.6) is 0 Å². The molecule has 63 valence electrons. The Kier molecular flexibility index (Phi) is 2.09. The molecule has 1 aromatic rings. The largest absolute Gasteiger partial charge is 0.207 e. The second-order valence-corrected chi connectivity index (χ2v) is 4.16. The SMILES string of the molecule is CSC1CC1c1[c]ccc(F)c1. The van der Waals surface area contributed by atoms with Crippen LogP contribution in [0.4, 0.5) is 4.39 Å². The molecule has 2 atom stereocenters. The van der Waals surface area contributed by atoms with E-state index in [0.29, 0.717) is 11.2 Å². The van der Waals surface area contributed by atoms with E-state index >= 15 is 0 Å². The van der Waals surface area contributed by atoms with E-state index in [4.69, 9.17) is 0 Å². The highest BCUT2D eigenvalue weighted by atomic mass is 32.2. The van der Waals surface area contributed by atoms with Crippen LogP contribution in [0.2, 0.25) is 0 Å². The summed E-state index contributed by atoms with van der Waals surface area (Å²) in [6, 6.07) is 7.79. The highest BCUT2D eigenvalue weighted by Gasteiger charge is 2.37. The van der Waals surface area contributed by atoms with Gasteiger partial charge >= 0.3 is 0 Å². The second kappa shape index (κ2) is 3.09. The molecule has 1 saturated carbocycles. The van der Waals surface area contributed by atoms with Gasteiger partial charge in [-0.05, 0) is 42.4 Å². The van der Waals surface area contributed by atoms with Crippen molar-refractivity contribution in [2.45, 2.75) is 17.6 Å². The molecule has 2 unspecified atom stereocenters. The van der Waals surface area contributed by atoms with Crippen molar-refractivity contribution in [1.29, 1.82) is 0 Å². The van der Waals surface area contributed by atoms with Crippen LogP contribution in [0.1, 0.15) is 17.9 Å². The number of hydrogen-bond acceptors (Lipinski definition) is 1. The van der Waals surface area contributed by atoms with E-state index in [9.17, 15) is 4.39 Å². The smallest absolute Gasteiger partial charge is 0.123 e. The lowest BCUT2D eigenvalue weighted by Crippen LogP contribution is -1.85. The maximum atomic E-state index is 12.8. The Bertz CT molecular complexity index is 285. The quantitative estimate of drug-likeness (QED) is 0.676. The zero-order chi connectivity index (χ0) is 8.55. The molecule has 1 aliphatic carbocycles. The van der Waals surface area contributed by atoms with E-state index in [0.717, 1.165) is 5.56 Å². The first kappa shape index (κ1) is 8.11. The molecule has 0 N–H and O–H groups in total. The normalized spacial score (nSPS) is 27.2. The summed E-state index contributed by atoms with van der Waals surface area (Å²) < 4.78 is 12.8. The molecular formula is C10H10FS. The van der Waals surface area contributed by atoms with Gasteiger partial charge in [0.05, 0.1) is 0 Å². The lowest BCUT2D eigenvalue weighted by molar-refractivity contribution is 0.625. The van der Waals surface area contributed by atoms with Gasteiger partial charge in [-0.25, -0.2) is 4.39 Å². The lowest BCUT2D eigenvalue weighted by atomic mass is 10.1. The van der Waals surface area contributed by atoms with Crippen molar-refractivity contribution in [2.24, 2.45) is 0 Å². The summed E-state index contributed by atoms with van der Waals surface area (Å²) in [7, 11) is 0. The molecule has 1 aliphatic rings. The maximum Gasteiger partial charge on any atom is 0.123 e. The highest BCUT2D eigenvalue weighted by molar-refractivity contribution is 7.99. The minimum Gasteiger partial charge on any atom is -0.207 e. The average molecular weight is 181 g/mol. The van der Waals surface area contributed by atoms with Gasteiger partial charge in [0.25, 0.3) is 0 Å². The van der Waals surface area contributed by atoms with Gasteiger partial charge in [-0.3, -0.25) is 0 Å². The molecule has 1 fully saturated rings. The van der Waals surface area contributed by atoms with Crippen LogP contribution >= 0.6 is 11.8 Å². The third-order valence-corrected chi connectivity index (χ3v) is 3.35. The molecule has 2 heteroatoms. The molecule has 1 aromatic carbocycles. The molecule has 0 spiro atoms. The molecule has 0 saturated heterocycles. The maximum absolute atomic E-state index is 12.8. The summed E-state index contributed by atoms with van der Waals surface area (Å²) in [5.74, 6) is 0.409. The van der Waals surface area contributed by atoms with E-state index in [2.05, 4.69) is 12.3 Å². The van der Waals surface area contributed by atoms with Crippen LogP contribution in [0, 0.1) is 11.9 Å². The van der Waals surface area contributed by atoms with Gasteiger partial charge in [0, 0.05) is 5.25 Å². The molecule has 0 bridgehead atoms. The fourth-order valence-electron chi connectivity index (χ4n) is 1.43. The van der Waals surface area contributed by atoms with Crippen molar-refractivity contribution < 1.29 is 4.39 Å². The summed E-state index contributed by atoms with van der Waals surface area (Å²) >= 11 is 1.86. The lowest BCUT2D eigenvalue weighted by Gasteiger charge is -1.97. The van der Waals surface area contributed by atoms with E-state index in [1.165, 1.54) is 12.5 Å². The standard InChI is InChI=1S/C10H10FS/c1-12-10-6-9(10)7-3-2-4-8(11)5-7/h2,4-5,9-10H,6H2,1H3. The zero-order valence-corrected chi connectivity index (χ0v) is 7.70. The van der Waals surface area contributed by atoms with E-state index in [1.54, 1.807) is 12.1 Å². The van der Waals surface area contributed by atoms with Crippen molar-refractivity contribution >= 4 is 11.8 Å². The van der Waals surface area contributed by atoms with Crippen LogP contribution < -0.4 is 0 Å². The zero-order valence-electron chi connectivity index (χ0n) is 6.88. The molecule has 1 radical (unpaired) electrons. The summed E-state index contributed by atoms with van der Waals surface area (Å²) in [5, 5.41) is 0.697. The van der Waals surface area contributed by atoms with Gasteiger partial charge in [0.15, 0.2) is 0 Å². The first-order valence-corrected chi connectivity index (χ1v) is 5.30. The second-order valence-electron chi connectivity index (χ2n) is 3.08. The third-order valence-electron chi connectivity index (χ3n) is 2.22. The predicted octanol–water partition coefficient (Wildman–Crippen LogP) is 2.84. The molecule has 2 rings (SSSR count). The first-order chi connectivity index (χ1) is 5.81. The fraction of sp³-hybridized carbons (Fsp3) is 0.400. The van der Waals surface area contributed by atoms with E-state index in [-0.39, 0.29) is 5.82 Å². The van der Waals surface area contributed by atoms with Gasteiger partial charge in [0.2, 0.25) is 0 Å². The number of rotatable bonds is 2. The third kappa shape index (κ3) is 1.48. The van der Waals surface area contributed by atoms with Crippen molar-refractivity contribution in [2.75, 3.05) is 6.26 Å². The number of benzene rings is 1. The van der Waals surface area contributed by atoms with Crippen molar-refractivity contribution in [3.05, 3.63) is 35.6 Å². The first-order valence-electron chi connectivity index (χ1n) is 4.01. The van der Waals surface area contributed by atoms with E-state index < -0.39 is 0 Å². The summed E-state index contributed by atoms with van der Waals surface area (Å²) in [4.78, 5) is 0. The van der Waals surface area contributed by atoms with Crippen molar-refractivity contribution in [3.8, 4) is 0 Å². The van der Waals surface area contributed by atoms with Crippen LogP contribution in [0.25, 0.3) is 0 Å². The molecular weight excluding hydrogens is 171 g/mol. The Morgan fingerprint density at radius 2 is 2.50 bits per heavy atom. The van der Waals surface area contributed by atoms with Gasteiger partial charge < -0.3 is 0 Å². The average Bonchev–Trinajstić information content (AvgIpc) is 2.83. The molecule has 0 amide bonds. The molecule has 0 nitrogen and oxygen atoms in total.